The number of amides is 2. The van der Waals surface area contributed by atoms with Gasteiger partial charge in [0.05, 0.1) is 6.04 Å². The van der Waals surface area contributed by atoms with E-state index in [1.165, 1.54) is 5.56 Å². The van der Waals surface area contributed by atoms with Crippen LogP contribution in [0.2, 0.25) is 0 Å². The van der Waals surface area contributed by atoms with Gasteiger partial charge >= 0.3 is 0 Å². The molecule has 2 unspecified atom stereocenters. The molecule has 3 aromatic rings. The number of nitrogens with zero attached hydrogens (tertiary/aromatic N) is 1. The predicted octanol–water partition coefficient (Wildman–Crippen LogP) is 5.92. The van der Waals surface area contributed by atoms with Crippen molar-refractivity contribution in [2.45, 2.75) is 52.7 Å². The highest BCUT2D eigenvalue weighted by molar-refractivity contribution is 5.94. The number of nitrogens with one attached hydrogen (secondary N) is 1. The highest BCUT2D eigenvalue weighted by Gasteiger charge is 2.32. The number of aryl methyl sites for hydroxylation is 1. The molecule has 0 bridgehead atoms. The summed E-state index contributed by atoms with van der Waals surface area (Å²) in [5.41, 5.74) is 5.17. The van der Waals surface area contributed by atoms with Crippen LogP contribution in [0.5, 0.6) is 5.75 Å². The Morgan fingerprint density at radius 3 is 2.49 bits per heavy atom. The molecule has 1 heterocycles. The van der Waals surface area contributed by atoms with E-state index in [-0.39, 0.29) is 17.9 Å². The van der Waals surface area contributed by atoms with Crippen LogP contribution in [0.4, 0.5) is 5.69 Å². The van der Waals surface area contributed by atoms with Gasteiger partial charge in [-0.1, -0.05) is 62.4 Å². The first-order valence-corrected chi connectivity index (χ1v) is 12.3. The molecule has 0 saturated heterocycles. The first kappa shape index (κ1) is 24.5. The third kappa shape index (κ3) is 5.91. The van der Waals surface area contributed by atoms with Crippen molar-refractivity contribution in [1.82, 2.24) is 4.90 Å². The number of hydrogen-bond donors (Lipinski definition) is 1. The topological polar surface area (TPSA) is 58.6 Å². The number of carbonyl (C=O) groups is 2. The van der Waals surface area contributed by atoms with Gasteiger partial charge in [0.25, 0.3) is 5.91 Å². The van der Waals surface area contributed by atoms with Crippen LogP contribution in [0.1, 0.15) is 55.5 Å². The van der Waals surface area contributed by atoms with Crippen LogP contribution >= 0.6 is 0 Å². The summed E-state index contributed by atoms with van der Waals surface area (Å²) in [6.45, 7) is 8.57. The molecule has 0 aromatic heterocycles. The Hall–Kier alpha value is -3.60. The maximum atomic E-state index is 13.2. The quantitative estimate of drug-likeness (QED) is 0.466. The SMILES string of the molecule is Cc1cccc(NC(=O)C(C)Oc2ccc3c(c2)C(c2ccccc2)N(C(=O)CC(C)C)CC3)c1. The van der Waals surface area contributed by atoms with Gasteiger partial charge in [-0.3, -0.25) is 9.59 Å². The van der Waals surface area contributed by atoms with E-state index in [9.17, 15) is 9.59 Å². The number of ether oxygens (including phenoxy) is 1. The molecule has 1 aliphatic heterocycles. The van der Waals surface area contributed by atoms with E-state index < -0.39 is 6.10 Å². The zero-order valence-electron chi connectivity index (χ0n) is 21.0. The van der Waals surface area contributed by atoms with Crippen molar-refractivity contribution in [3.63, 3.8) is 0 Å². The first-order chi connectivity index (χ1) is 16.8. The van der Waals surface area contributed by atoms with Crippen LogP contribution in [0, 0.1) is 12.8 Å². The molecule has 2 amide bonds. The number of benzene rings is 3. The average Bonchev–Trinajstić information content (AvgIpc) is 2.83. The molecule has 35 heavy (non-hydrogen) atoms. The summed E-state index contributed by atoms with van der Waals surface area (Å²) in [6, 6.07) is 23.6. The number of hydrogen-bond acceptors (Lipinski definition) is 3. The predicted molar refractivity (Wildman–Crippen MR) is 139 cm³/mol. The number of anilines is 1. The first-order valence-electron chi connectivity index (χ1n) is 12.3. The molecule has 1 N–H and O–H groups in total. The Kier molecular flexibility index (Phi) is 7.54. The van der Waals surface area contributed by atoms with Crippen molar-refractivity contribution in [1.29, 1.82) is 0 Å². The fourth-order valence-electron chi connectivity index (χ4n) is 4.62. The molecule has 4 rings (SSSR count). The van der Waals surface area contributed by atoms with Gasteiger partial charge in [0.2, 0.25) is 5.91 Å². The molecular formula is C30H34N2O3. The van der Waals surface area contributed by atoms with Gasteiger partial charge in [0.1, 0.15) is 5.75 Å². The minimum absolute atomic E-state index is 0.164. The molecule has 0 saturated carbocycles. The largest absolute Gasteiger partial charge is 0.481 e. The van der Waals surface area contributed by atoms with Gasteiger partial charge in [-0.05, 0) is 72.7 Å². The summed E-state index contributed by atoms with van der Waals surface area (Å²) >= 11 is 0. The van der Waals surface area contributed by atoms with Crippen molar-refractivity contribution in [3.05, 3.63) is 95.1 Å². The van der Waals surface area contributed by atoms with Gasteiger partial charge in [-0.2, -0.15) is 0 Å². The Morgan fingerprint density at radius 1 is 1.00 bits per heavy atom. The molecule has 0 fully saturated rings. The molecule has 5 heteroatoms. The number of fused-ring (bicyclic) bond motifs is 1. The zero-order valence-corrected chi connectivity index (χ0v) is 21.0. The van der Waals surface area contributed by atoms with Crippen LogP contribution in [0.3, 0.4) is 0 Å². The second-order valence-electron chi connectivity index (χ2n) is 9.73. The smallest absolute Gasteiger partial charge is 0.265 e. The minimum atomic E-state index is -0.675. The van der Waals surface area contributed by atoms with Crippen molar-refractivity contribution in [2.24, 2.45) is 5.92 Å². The monoisotopic (exact) mass is 470 g/mol. The molecule has 182 valence electrons. The lowest BCUT2D eigenvalue weighted by Gasteiger charge is -2.38. The van der Waals surface area contributed by atoms with Crippen LogP contribution in [0.15, 0.2) is 72.8 Å². The van der Waals surface area contributed by atoms with Gasteiger partial charge in [-0.25, -0.2) is 0 Å². The summed E-state index contributed by atoms with van der Waals surface area (Å²) in [7, 11) is 0. The summed E-state index contributed by atoms with van der Waals surface area (Å²) in [4.78, 5) is 27.9. The molecule has 0 spiro atoms. The Bertz CT molecular complexity index is 1190. The maximum Gasteiger partial charge on any atom is 0.265 e. The molecule has 2 atom stereocenters. The van der Waals surface area contributed by atoms with E-state index in [0.717, 1.165) is 28.8 Å². The van der Waals surface area contributed by atoms with E-state index in [2.05, 4.69) is 37.4 Å². The van der Waals surface area contributed by atoms with Gasteiger partial charge in [-0.15, -0.1) is 0 Å². The normalized spacial score (nSPS) is 15.9. The second kappa shape index (κ2) is 10.8. The zero-order chi connectivity index (χ0) is 24.9. The number of rotatable bonds is 7. The minimum Gasteiger partial charge on any atom is -0.481 e. The summed E-state index contributed by atoms with van der Waals surface area (Å²) in [5, 5.41) is 2.92. The fraction of sp³-hybridized carbons (Fsp3) is 0.333. The van der Waals surface area contributed by atoms with E-state index in [0.29, 0.717) is 24.6 Å². The van der Waals surface area contributed by atoms with Gasteiger partial charge in [0, 0.05) is 18.7 Å². The lowest BCUT2D eigenvalue weighted by atomic mass is 9.87. The van der Waals surface area contributed by atoms with E-state index >= 15 is 0 Å². The third-order valence-electron chi connectivity index (χ3n) is 6.33. The molecular weight excluding hydrogens is 436 g/mol. The molecule has 3 aromatic carbocycles. The second-order valence-corrected chi connectivity index (χ2v) is 9.73. The third-order valence-corrected chi connectivity index (χ3v) is 6.33. The molecule has 0 radical (unpaired) electrons. The fourth-order valence-corrected chi connectivity index (χ4v) is 4.62. The van der Waals surface area contributed by atoms with E-state index in [1.54, 1.807) is 6.92 Å². The molecule has 5 nitrogen and oxygen atoms in total. The van der Waals surface area contributed by atoms with E-state index in [1.807, 2.05) is 66.4 Å². The average molecular weight is 471 g/mol. The van der Waals surface area contributed by atoms with E-state index in [4.69, 9.17) is 4.74 Å². The summed E-state index contributed by atoms with van der Waals surface area (Å²) in [5.74, 6) is 0.871. The Balaban J connectivity index is 1.59. The standard InChI is InChI=1S/C30H34N2O3/c1-20(2)17-28(33)32-16-15-23-13-14-26(19-27(23)29(32)24-10-6-5-7-11-24)35-22(4)30(34)31-25-12-8-9-21(3)18-25/h5-14,18-20,22,29H,15-17H2,1-4H3,(H,31,34). The summed E-state index contributed by atoms with van der Waals surface area (Å²) < 4.78 is 6.07. The van der Waals surface area contributed by atoms with Crippen LogP contribution in [-0.4, -0.2) is 29.4 Å². The van der Waals surface area contributed by atoms with Gasteiger partial charge in [0.15, 0.2) is 6.10 Å². The van der Waals surface area contributed by atoms with Crippen molar-refractivity contribution in [3.8, 4) is 5.75 Å². The molecule has 0 aliphatic carbocycles. The van der Waals surface area contributed by atoms with Crippen molar-refractivity contribution in [2.75, 3.05) is 11.9 Å². The highest BCUT2D eigenvalue weighted by atomic mass is 16.5. The van der Waals surface area contributed by atoms with Gasteiger partial charge < -0.3 is 15.0 Å². The Labute approximate surface area is 208 Å². The Morgan fingerprint density at radius 2 is 1.77 bits per heavy atom. The van der Waals surface area contributed by atoms with Crippen molar-refractivity contribution >= 4 is 17.5 Å². The lowest BCUT2D eigenvalue weighted by molar-refractivity contribution is -0.134. The van der Waals surface area contributed by atoms with Crippen LogP contribution in [0.25, 0.3) is 0 Å². The molecule has 1 aliphatic rings. The lowest BCUT2D eigenvalue weighted by Crippen LogP contribution is -2.41. The van der Waals surface area contributed by atoms with Crippen LogP contribution < -0.4 is 10.1 Å². The number of carbonyl (C=O) groups excluding carboxylic acids is 2. The summed E-state index contributed by atoms with van der Waals surface area (Å²) in [6.07, 6.45) is 0.642. The van der Waals surface area contributed by atoms with Crippen LogP contribution in [-0.2, 0) is 16.0 Å². The van der Waals surface area contributed by atoms with Crippen molar-refractivity contribution < 1.29 is 14.3 Å². The highest BCUT2D eigenvalue weighted by Crippen LogP contribution is 2.38. The maximum absolute atomic E-state index is 13.2.